The SMILES string of the molecule is CC(C)(C)c1cc(-c2ccccc2)cc(N2CN(c3cccc(Oc4cc(C(C)(C)C)c5c6cc(C(C)(C)C)ccc6n(-c6cc(C(C)(C)C)ccn6)c5c4)c3)c3cc(C(C)(C)C)ccc32)c1. The second kappa shape index (κ2) is 16.2. The molecule has 5 nitrogen and oxygen atoms in total. The Morgan fingerprint density at radius 1 is 0.433 bits per heavy atom. The average Bonchev–Trinajstić information content (AvgIpc) is 3.80. The number of aromatic nitrogens is 2. The van der Waals surface area contributed by atoms with E-state index in [1.807, 2.05) is 6.20 Å². The summed E-state index contributed by atoms with van der Waals surface area (Å²) in [5.74, 6) is 2.49. The monoisotopic (exact) mass is 887 g/mol. The van der Waals surface area contributed by atoms with E-state index in [4.69, 9.17) is 9.72 Å². The molecule has 6 aromatic carbocycles. The molecule has 9 rings (SSSR count). The zero-order valence-corrected chi connectivity index (χ0v) is 42.7. The summed E-state index contributed by atoms with van der Waals surface area (Å²) in [6.45, 7) is 35.0. The van der Waals surface area contributed by atoms with E-state index in [0.29, 0.717) is 6.67 Å². The number of hydrogen-bond acceptors (Lipinski definition) is 4. The van der Waals surface area contributed by atoms with Gasteiger partial charge in [-0.25, -0.2) is 4.98 Å². The normalized spacial score (nSPS) is 13.8. The lowest BCUT2D eigenvalue weighted by atomic mass is 9.82. The minimum absolute atomic E-state index is 0.00819. The van der Waals surface area contributed by atoms with Gasteiger partial charge in [-0.1, -0.05) is 158 Å². The zero-order valence-electron chi connectivity index (χ0n) is 42.7. The Kier molecular flexibility index (Phi) is 11.1. The quantitative estimate of drug-likeness (QED) is 0.167. The summed E-state index contributed by atoms with van der Waals surface area (Å²) < 4.78 is 9.44. The number of ether oxygens (including phenoxy) is 1. The number of fused-ring (bicyclic) bond motifs is 4. The number of rotatable bonds is 6. The molecule has 344 valence electrons. The van der Waals surface area contributed by atoms with Crippen molar-refractivity contribution in [2.24, 2.45) is 0 Å². The van der Waals surface area contributed by atoms with Gasteiger partial charge >= 0.3 is 0 Å². The highest BCUT2D eigenvalue weighted by molar-refractivity contribution is 6.12. The lowest BCUT2D eigenvalue weighted by molar-refractivity contribution is 0.480. The third-order valence-corrected chi connectivity index (χ3v) is 13.6. The van der Waals surface area contributed by atoms with Crippen molar-refractivity contribution < 1.29 is 4.74 Å². The maximum Gasteiger partial charge on any atom is 0.137 e. The Morgan fingerprint density at radius 2 is 1.07 bits per heavy atom. The van der Waals surface area contributed by atoms with Crippen molar-refractivity contribution in [1.29, 1.82) is 0 Å². The average molecular weight is 887 g/mol. The van der Waals surface area contributed by atoms with Crippen molar-refractivity contribution in [3.8, 4) is 28.4 Å². The van der Waals surface area contributed by atoms with Crippen LogP contribution in [0.25, 0.3) is 38.8 Å². The second-order valence-electron chi connectivity index (χ2n) is 24.0. The molecule has 0 aliphatic carbocycles. The first-order valence-corrected chi connectivity index (χ1v) is 24.1. The molecular weight excluding hydrogens is 817 g/mol. The largest absolute Gasteiger partial charge is 0.457 e. The molecule has 3 heterocycles. The van der Waals surface area contributed by atoms with Crippen molar-refractivity contribution in [3.05, 3.63) is 167 Å². The van der Waals surface area contributed by atoms with Gasteiger partial charge in [0, 0.05) is 40.5 Å². The molecule has 0 bridgehead atoms. The molecular formula is C62H70N4O. The Hall–Kier alpha value is -6.33. The minimum Gasteiger partial charge on any atom is -0.457 e. The maximum absolute atomic E-state index is 7.09. The van der Waals surface area contributed by atoms with Gasteiger partial charge in [0.1, 0.15) is 24.0 Å². The molecule has 0 fully saturated rings. The van der Waals surface area contributed by atoms with Gasteiger partial charge < -0.3 is 14.5 Å². The van der Waals surface area contributed by atoms with E-state index < -0.39 is 0 Å². The molecule has 0 saturated heterocycles. The Labute approximate surface area is 400 Å². The highest BCUT2D eigenvalue weighted by Crippen LogP contribution is 2.49. The first-order valence-electron chi connectivity index (χ1n) is 24.1. The predicted molar refractivity (Wildman–Crippen MR) is 286 cm³/mol. The van der Waals surface area contributed by atoms with Gasteiger partial charge in [0.25, 0.3) is 0 Å². The number of anilines is 4. The molecule has 0 N–H and O–H groups in total. The summed E-state index contributed by atoms with van der Waals surface area (Å²) in [7, 11) is 0. The van der Waals surface area contributed by atoms with E-state index in [2.05, 4.69) is 252 Å². The standard InChI is InChI=1S/C62H70N4O/c1-58(2,3)42-24-26-52-50(33-42)57-51(62(13,14)15)37-49(38-55(57)66(52)56-35-44(28-29-63-56)60(7,8)9)67-48-23-19-22-46(36-48)64-39-65(53-27-25-43(34-54(53)64)59(4,5)6)47-31-41(40-20-17-16-18-21-40)30-45(32-47)61(10,11)12/h16-38H,39H2,1-15H3. The van der Waals surface area contributed by atoms with Gasteiger partial charge in [-0.2, -0.15) is 0 Å². The van der Waals surface area contributed by atoms with Crippen molar-refractivity contribution in [2.75, 3.05) is 16.5 Å². The number of hydrogen-bond donors (Lipinski definition) is 0. The molecule has 0 saturated carbocycles. The van der Waals surface area contributed by atoms with Crippen LogP contribution in [0, 0.1) is 0 Å². The van der Waals surface area contributed by atoms with Crippen LogP contribution in [0.4, 0.5) is 22.7 Å². The van der Waals surface area contributed by atoms with Gasteiger partial charge in [-0.15, -0.1) is 0 Å². The zero-order chi connectivity index (χ0) is 48.0. The summed E-state index contributed by atoms with van der Waals surface area (Å²) in [4.78, 5) is 9.97. The maximum atomic E-state index is 7.09. The highest BCUT2D eigenvalue weighted by Gasteiger charge is 2.32. The van der Waals surface area contributed by atoms with Gasteiger partial charge in [0.2, 0.25) is 0 Å². The molecule has 8 aromatic rings. The molecule has 5 heteroatoms. The van der Waals surface area contributed by atoms with E-state index in [9.17, 15) is 0 Å². The molecule has 67 heavy (non-hydrogen) atoms. The third-order valence-electron chi connectivity index (χ3n) is 13.6. The Morgan fingerprint density at radius 3 is 1.75 bits per heavy atom. The molecule has 0 spiro atoms. The summed E-state index contributed by atoms with van der Waals surface area (Å²) in [6, 6.07) is 49.4. The van der Waals surface area contributed by atoms with Crippen molar-refractivity contribution in [3.63, 3.8) is 0 Å². The van der Waals surface area contributed by atoms with Crippen LogP contribution >= 0.6 is 0 Å². The van der Waals surface area contributed by atoms with Gasteiger partial charge in [0.15, 0.2) is 0 Å². The van der Waals surface area contributed by atoms with Gasteiger partial charge in [0.05, 0.1) is 22.4 Å². The fourth-order valence-corrected chi connectivity index (χ4v) is 9.51. The first-order chi connectivity index (χ1) is 31.3. The van der Waals surface area contributed by atoms with E-state index in [1.54, 1.807) is 0 Å². The van der Waals surface area contributed by atoms with Crippen LogP contribution in [0.1, 0.15) is 132 Å². The molecule has 0 unspecified atom stereocenters. The topological polar surface area (TPSA) is 33.5 Å². The van der Waals surface area contributed by atoms with E-state index in [1.165, 1.54) is 66.8 Å². The van der Waals surface area contributed by atoms with Gasteiger partial charge in [-0.3, -0.25) is 4.57 Å². The summed E-state index contributed by atoms with van der Waals surface area (Å²) in [5.41, 5.74) is 15.4. The van der Waals surface area contributed by atoms with Crippen molar-refractivity contribution in [2.45, 2.75) is 131 Å². The number of nitrogens with zero attached hydrogens (tertiary/aromatic N) is 4. The molecule has 0 radical (unpaired) electrons. The first kappa shape index (κ1) is 45.8. The molecule has 1 aliphatic heterocycles. The fraction of sp³-hybridized carbons (Fsp3) is 0.339. The minimum atomic E-state index is -0.185. The number of benzene rings is 6. The smallest absolute Gasteiger partial charge is 0.137 e. The van der Waals surface area contributed by atoms with E-state index >= 15 is 0 Å². The lowest BCUT2D eigenvalue weighted by Gasteiger charge is -2.26. The van der Waals surface area contributed by atoms with Crippen LogP contribution in [0.3, 0.4) is 0 Å². The molecule has 0 atom stereocenters. The van der Waals surface area contributed by atoms with E-state index in [-0.39, 0.29) is 27.1 Å². The van der Waals surface area contributed by atoms with Crippen LogP contribution in [-0.2, 0) is 27.1 Å². The highest BCUT2D eigenvalue weighted by atomic mass is 16.5. The molecule has 0 amide bonds. The summed E-state index contributed by atoms with van der Waals surface area (Å²) in [6.07, 6.45) is 1.96. The van der Waals surface area contributed by atoms with Crippen LogP contribution in [0.15, 0.2) is 140 Å². The number of pyridine rings is 1. The van der Waals surface area contributed by atoms with Crippen LogP contribution in [0.2, 0.25) is 0 Å². The Balaban J connectivity index is 1.18. The van der Waals surface area contributed by atoms with Crippen molar-refractivity contribution in [1.82, 2.24) is 9.55 Å². The second-order valence-corrected chi connectivity index (χ2v) is 24.0. The fourth-order valence-electron chi connectivity index (χ4n) is 9.51. The summed E-state index contributed by atoms with van der Waals surface area (Å²) >= 11 is 0. The van der Waals surface area contributed by atoms with Crippen LogP contribution in [0.5, 0.6) is 11.5 Å². The van der Waals surface area contributed by atoms with E-state index in [0.717, 1.165) is 34.0 Å². The van der Waals surface area contributed by atoms with Crippen molar-refractivity contribution >= 4 is 44.6 Å². The Bertz CT molecular complexity index is 3160. The summed E-state index contributed by atoms with van der Waals surface area (Å²) in [5, 5.41) is 2.48. The molecule has 2 aromatic heterocycles. The predicted octanol–water partition coefficient (Wildman–Crippen LogP) is 17.4. The van der Waals surface area contributed by atoms with Crippen LogP contribution < -0.4 is 14.5 Å². The lowest BCUT2D eigenvalue weighted by Crippen LogP contribution is -2.24. The van der Waals surface area contributed by atoms with Crippen LogP contribution in [-0.4, -0.2) is 16.2 Å². The molecule has 1 aliphatic rings. The van der Waals surface area contributed by atoms with Gasteiger partial charge in [-0.05, 0) is 133 Å². The third kappa shape index (κ3) is 8.86.